The van der Waals surface area contributed by atoms with E-state index in [4.69, 9.17) is 4.42 Å². The third-order valence-electron chi connectivity index (χ3n) is 4.65. The third kappa shape index (κ3) is 4.21. The summed E-state index contributed by atoms with van der Waals surface area (Å²) in [6.45, 7) is 4.71. The minimum Gasteiger partial charge on any atom is -0.478 e. The number of hydrogen-bond acceptors (Lipinski definition) is 5. The van der Waals surface area contributed by atoms with E-state index in [-0.39, 0.29) is 29.2 Å². The van der Waals surface area contributed by atoms with Crippen molar-refractivity contribution in [2.75, 3.05) is 13.1 Å². The largest absolute Gasteiger partial charge is 0.478 e. The molecule has 3 rings (SSSR count). The molecular formula is C19H22N2O5S. The molecule has 0 atom stereocenters. The van der Waals surface area contributed by atoms with E-state index < -0.39 is 5.97 Å². The maximum Gasteiger partial charge on any atom is 0.339 e. The Labute approximate surface area is 161 Å². The van der Waals surface area contributed by atoms with Crippen LogP contribution < -0.4 is 5.32 Å². The zero-order valence-electron chi connectivity index (χ0n) is 15.3. The number of carbonyl (C=O) groups excluding carboxylic acids is 2. The molecule has 1 fully saturated rings. The van der Waals surface area contributed by atoms with Crippen molar-refractivity contribution in [1.82, 2.24) is 10.2 Å². The molecule has 0 spiro atoms. The lowest BCUT2D eigenvalue weighted by Gasteiger charge is -2.31. The van der Waals surface area contributed by atoms with Crippen molar-refractivity contribution in [3.05, 3.63) is 45.0 Å². The van der Waals surface area contributed by atoms with Crippen LogP contribution in [0.3, 0.4) is 0 Å². The number of furan rings is 1. The molecule has 0 unspecified atom stereocenters. The van der Waals surface area contributed by atoms with Crippen molar-refractivity contribution in [3.63, 3.8) is 0 Å². The first-order chi connectivity index (χ1) is 12.9. The Morgan fingerprint density at radius 3 is 2.52 bits per heavy atom. The Morgan fingerprint density at radius 1 is 1.30 bits per heavy atom. The van der Waals surface area contributed by atoms with Gasteiger partial charge in [0.1, 0.15) is 11.3 Å². The number of nitrogens with one attached hydrogen (secondary N) is 1. The number of hydrogen-bond donors (Lipinski definition) is 2. The van der Waals surface area contributed by atoms with E-state index in [9.17, 15) is 19.5 Å². The normalized spacial score (nSPS) is 15.0. The third-order valence-corrected chi connectivity index (χ3v) is 5.65. The predicted molar refractivity (Wildman–Crippen MR) is 100 cm³/mol. The highest BCUT2D eigenvalue weighted by atomic mass is 32.1. The molecule has 7 nitrogen and oxygen atoms in total. The van der Waals surface area contributed by atoms with E-state index in [1.54, 1.807) is 11.8 Å². The van der Waals surface area contributed by atoms with Crippen LogP contribution in [0, 0.1) is 6.92 Å². The molecule has 0 saturated carbocycles. The molecule has 27 heavy (non-hydrogen) atoms. The van der Waals surface area contributed by atoms with Gasteiger partial charge in [-0.05, 0) is 31.9 Å². The van der Waals surface area contributed by atoms with Gasteiger partial charge in [-0.1, -0.05) is 6.92 Å². The van der Waals surface area contributed by atoms with Gasteiger partial charge in [0, 0.05) is 36.5 Å². The molecule has 1 aliphatic rings. The summed E-state index contributed by atoms with van der Waals surface area (Å²) in [5.41, 5.74) is 0.0363. The number of thiophene rings is 1. The first-order valence-corrected chi connectivity index (χ1v) is 9.73. The Bertz CT molecular complexity index is 861. The van der Waals surface area contributed by atoms with Gasteiger partial charge in [0.2, 0.25) is 0 Å². The number of aromatic carboxylic acids is 1. The van der Waals surface area contributed by atoms with Gasteiger partial charge in [0.25, 0.3) is 11.8 Å². The van der Waals surface area contributed by atoms with Crippen LogP contribution in [0.25, 0.3) is 0 Å². The van der Waals surface area contributed by atoms with E-state index in [0.717, 1.165) is 4.88 Å². The molecule has 2 N–H and O–H groups in total. The lowest BCUT2D eigenvalue weighted by molar-refractivity contribution is 0.0661. The van der Waals surface area contributed by atoms with Crippen molar-refractivity contribution < 1.29 is 23.9 Å². The molecule has 1 aliphatic heterocycles. The first kappa shape index (κ1) is 19.2. The highest BCUT2D eigenvalue weighted by Gasteiger charge is 2.28. The highest BCUT2D eigenvalue weighted by molar-refractivity contribution is 7.13. The number of carboxylic acids is 1. The van der Waals surface area contributed by atoms with Crippen molar-refractivity contribution >= 4 is 29.1 Å². The second-order valence-electron chi connectivity index (χ2n) is 6.56. The second-order valence-corrected chi connectivity index (χ2v) is 7.84. The summed E-state index contributed by atoms with van der Waals surface area (Å²) in [5, 5.41) is 12.2. The topological polar surface area (TPSA) is 99.9 Å². The van der Waals surface area contributed by atoms with Crippen LogP contribution >= 0.6 is 11.3 Å². The molecule has 0 aromatic carbocycles. The minimum absolute atomic E-state index is 0.0151. The monoisotopic (exact) mass is 390 g/mol. The number of aryl methyl sites for hydroxylation is 2. The van der Waals surface area contributed by atoms with Crippen LogP contribution in [0.15, 0.2) is 22.6 Å². The van der Waals surface area contributed by atoms with Crippen molar-refractivity contribution in [2.45, 2.75) is 39.2 Å². The second kappa shape index (κ2) is 7.96. The summed E-state index contributed by atoms with van der Waals surface area (Å²) in [7, 11) is 0. The number of piperidine rings is 1. The Hall–Kier alpha value is -2.61. The van der Waals surface area contributed by atoms with Crippen LogP contribution in [-0.2, 0) is 6.42 Å². The van der Waals surface area contributed by atoms with Gasteiger partial charge in [-0.15, -0.1) is 11.3 Å². The average Bonchev–Trinajstić information content (AvgIpc) is 3.28. The number of nitrogens with zero attached hydrogens (tertiary/aromatic N) is 1. The van der Waals surface area contributed by atoms with Gasteiger partial charge >= 0.3 is 5.97 Å². The average molecular weight is 390 g/mol. The standard InChI is InChI=1S/C19H22N2O5S/c1-3-14-13(19(24)25)10-15(26-14)18(23)21-8-6-12(7-9-21)20-17(22)16-5-4-11(2)27-16/h4-5,10,12H,3,6-9H2,1-2H3,(H,20,22)(H,24,25). The molecule has 1 saturated heterocycles. The van der Waals surface area contributed by atoms with E-state index >= 15 is 0 Å². The number of likely N-dealkylation sites (tertiary alicyclic amines) is 1. The number of rotatable bonds is 5. The molecule has 0 bridgehead atoms. The summed E-state index contributed by atoms with van der Waals surface area (Å²) in [6, 6.07) is 5.05. The van der Waals surface area contributed by atoms with Crippen LogP contribution in [0.1, 0.15) is 61.0 Å². The maximum atomic E-state index is 12.6. The van der Waals surface area contributed by atoms with Crippen LogP contribution in [0.4, 0.5) is 0 Å². The molecule has 2 aromatic heterocycles. The molecule has 0 aliphatic carbocycles. The number of amides is 2. The highest BCUT2D eigenvalue weighted by Crippen LogP contribution is 2.21. The lowest BCUT2D eigenvalue weighted by Crippen LogP contribution is -2.46. The first-order valence-electron chi connectivity index (χ1n) is 8.91. The molecule has 144 valence electrons. The number of carbonyl (C=O) groups is 3. The van der Waals surface area contributed by atoms with Gasteiger partial charge < -0.3 is 19.7 Å². The molecule has 2 aromatic rings. The summed E-state index contributed by atoms with van der Waals surface area (Å²) < 4.78 is 5.45. The number of carboxylic acid groups (broad SMARTS) is 1. The SMILES string of the molecule is CCc1oc(C(=O)N2CCC(NC(=O)c3ccc(C)s3)CC2)cc1C(=O)O. The summed E-state index contributed by atoms with van der Waals surface area (Å²) in [4.78, 5) is 39.5. The zero-order chi connectivity index (χ0) is 19.6. The molecule has 3 heterocycles. The minimum atomic E-state index is -1.10. The van der Waals surface area contributed by atoms with Crippen LogP contribution in [0.2, 0.25) is 0 Å². The van der Waals surface area contributed by atoms with Crippen molar-refractivity contribution in [1.29, 1.82) is 0 Å². The van der Waals surface area contributed by atoms with Gasteiger partial charge in [-0.3, -0.25) is 9.59 Å². The summed E-state index contributed by atoms with van der Waals surface area (Å²) in [6.07, 6.45) is 1.70. The van der Waals surface area contributed by atoms with E-state index in [1.807, 2.05) is 19.1 Å². The Morgan fingerprint density at radius 2 is 2.00 bits per heavy atom. The van der Waals surface area contributed by atoms with Crippen molar-refractivity contribution in [3.8, 4) is 0 Å². The zero-order valence-corrected chi connectivity index (χ0v) is 16.1. The Kier molecular flexibility index (Phi) is 5.65. The smallest absolute Gasteiger partial charge is 0.339 e. The van der Waals surface area contributed by atoms with Crippen LogP contribution in [-0.4, -0.2) is 46.9 Å². The Balaban J connectivity index is 1.58. The summed E-state index contributed by atoms with van der Waals surface area (Å²) in [5.74, 6) is -1.13. The fourth-order valence-corrected chi connectivity index (χ4v) is 3.94. The van der Waals surface area contributed by atoms with E-state index in [0.29, 0.717) is 43.0 Å². The van der Waals surface area contributed by atoms with Gasteiger partial charge in [-0.2, -0.15) is 0 Å². The fraction of sp³-hybridized carbons (Fsp3) is 0.421. The fourth-order valence-electron chi connectivity index (χ4n) is 3.17. The maximum absolute atomic E-state index is 12.6. The van der Waals surface area contributed by atoms with E-state index in [2.05, 4.69) is 5.32 Å². The van der Waals surface area contributed by atoms with Gasteiger partial charge in [0.05, 0.1) is 4.88 Å². The molecule has 2 amide bonds. The molecular weight excluding hydrogens is 368 g/mol. The molecule has 8 heteroatoms. The quantitative estimate of drug-likeness (QED) is 0.818. The summed E-state index contributed by atoms with van der Waals surface area (Å²) >= 11 is 1.46. The van der Waals surface area contributed by atoms with Crippen molar-refractivity contribution in [2.24, 2.45) is 0 Å². The van der Waals surface area contributed by atoms with Gasteiger partial charge in [0.15, 0.2) is 5.76 Å². The van der Waals surface area contributed by atoms with Crippen LogP contribution in [0.5, 0.6) is 0 Å². The van der Waals surface area contributed by atoms with E-state index in [1.165, 1.54) is 17.4 Å². The van der Waals surface area contributed by atoms with Gasteiger partial charge in [-0.25, -0.2) is 4.79 Å². The predicted octanol–water partition coefficient (Wildman–Crippen LogP) is 2.94. The lowest BCUT2D eigenvalue weighted by atomic mass is 10.0. The molecule has 0 radical (unpaired) electrons.